The maximum atomic E-state index is 9.33. The second kappa shape index (κ2) is 5.27. The van der Waals surface area contributed by atoms with Crippen molar-refractivity contribution < 1.29 is 0 Å². The number of hydrogen-bond acceptors (Lipinski definition) is 3. The Labute approximate surface area is 114 Å². The fraction of sp³-hybridized carbons (Fsp3) is 0.375. The summed E-state index contributed by atoms with van der Waals surface area (Å²) in [6.07, 6.45) is 0. The van der Waals surface area contributed by atoms with Gasteiger partial charge >= 0.3 is 0 Å². The van der Waals surface area contributed by atoms with Crippen LogP contribution in [0, 0.1) is 25.2 Å². The topological polar surface area (TPSA) is 39.9 Å². The molecule has 0 atom stereocenters. The van der Waals surface area contributed by atoms with Crippen LogP contribution in [-0.2, 0) is 0 Å². The quantitative estimate of drug-likeness (QED) is 0.839. The molecule has 1 heterocycles. The molecule has 2 rings (SSSR count). The smallest absolute Gasteiger partial charge is 0.147 e. The van der Waals surface area contributed by atoms with E-state index in [9.17, 15) is 5.26 Å². The SMILES string of the molecule is CCN(CC)c1nc2cc(C)c(C)cc2cc1C#N. The number of rotatable bonds is 3. The van der Waals surface area contributed by atoms with Crippen molar-refractivity contribution >= 4 is 16.7 Å². The van der Waals surface area contributed by atoms with E-state index in [-0.39, 0.29) is 0 Å². The number of benzene rings is 1. The van der Waals surface area contributed by atoms with Crippen molar-refractivity contribution in [2.45, 2.75) is 27.7 Å². The van der Waals surface area contributed by atoms with Crippen LogP contribution in [0.1, 0.15) is 30.5 Å². The lowest BCUT2D eigenvalue weighted by atomic mass is 10.0. The Hall–Kier alpha value is -2.08. The van der Waals surface area contributed by atoms with E-state index in [1.54, 1.807) is 0 Å². The Bertz CT molecular complexity index is 649. The summed E-state index contributed by atoms with van der Waals surface area (Å²) >= 11 is 0. The van der Waals surface area contributed by atoms with Crippen LogP contribution >= 0.6 is 0 Å². The average Bonchev–Trinajstić information content (AvgIpc) is 2.41. The molecule has 0 aliphatic rings. The maximum absolute atomic E-state index is 9.33. The average molecular weight is 253 g/mol. The third-order valence-corrected chi connectivity index (χ3v) is 3.59. The normalized spacial score (nSPS) is 10.5. The highest BCUT2D eigenvalue weighted by atomic mass is 15.2. The molecule has 0 amide bonds. The van der Waals surface area contributed by atoms with Crippen molar-refractivity contribution in [3.8, 4) is 6.07 Å². The van der Waals surface area contributed by atoms with Gasteiger partial charge in [-0.05, 0) is 57.0 Å². The first kappa shape index (κ1) is 13.4. The molecule has 2 aromatic rings. The molecule has 3 heteroatoms. The Morgan fingerprint density at radius 3 is 2.32 bits per heavy atom. The van der Waals surface area contributed by atoms with E-state index in [2.05, 4.69) is 50.8 Å². The summed E-state index contributed by atoms with van der Waals surface area (Å²) in [5, 5.41) is 10.4. The highest BCUT2D eigenvalue weighted by Gasteiger charge is 2.12. The van der Waals surface area contributed by atoms with Gasteiger partial charge in [0.1, 0.15) is 11.9 Å². The van der Waals surface area contributed by atoms with Gasteiger partial charge in [0.15, 0.2) is 0 Å². The van der Waals surface area contributed by atoms with E-state index in [1.807, 2.05) is 6.07 Å². The Balaban J connectivity index is 2.71. The summed E-state index contributed by atoms with van der Waals surface area (Å²) in [6, 6.07) is 8.41. The van der Waals surface area contributed by atoms with Crippen LogP contribution in [0.5, 0.6) is 0 Å². The lowest BCUT2D eigenvalue weighted by molar-refractivity contribution is 0.847. The predicted octanol–water partition coefficient (Wildman–Crippen LogP) is 3.57. The fourth-order valence-electron chi connectivity index (χ4n) is 2.28. The third kappa shape index (κ3) is 2.39. The monoisotopic (exact) mass is 253 g/mol. The highest BCUT2D eigenvalue weighted by molar-refractivity contribution is 5.84. The molecule has 0 fully saturated rings. The number of anilines is 1. The number of nitrogens with zero attached hydrogens (tertiary/aromatic N) is 3. The van der Waals surface area contributed by atoms with E-state index in [0.29, 0.717) is 5.56 Å². The van der Waals surface area contributed by atoms with E-state index in [1.165, 1.54) is 11.1 Å². The molecular formula is C16H19N3. The summed E-state index contributed by atoms with van der Waals surface area (Å²) < 4.78 is 0. The Kier molecular flexibility index (Phi) is 3.71. The molecule has 1 aromatic heterocycles. The largest absolute Gasteiger partial charge is 0.356 e. The Morgan fingerprint density at radius 2 is 1.74 bits per heavy atom. The van der Waals surface area contributed by atoms with Crippen molar-refractivity contribution in [3.63, 3.8) is 0 Å². The van der Waals surface area contributed by atoms with Crippen LogP contribution < -0.4 is 4.90 Å². The molecule has 98 valence electrons. The first-order chi connectivity index (χ1) is 9.10. The fourth-order valence-corrected chi connectivity index (χ4v) is 2.28. The van der Waals surface area contributed by atoms with Gasteiger partial charge in [-0.15, -0.1) is 0 Å². The number of aryl methyl sites for hydroxylation is 2. The predicted molar refractivity (Wildman–Crippen MR) is 79.5 cm³/mol. The second-order valence-electron chi connectivity index (χ2n) is 4.77. The van der Waals surface area contributed by atoms with Gasteiger partial charge in [0.25, 0.3) is 0 Å². The molecule has 0 saturated carbocycles. The van der Waals surface area contributed by atoms with Crippen LogP contribution in [0.3, 0.4) is 0 Å². The highest BCUT2D eigenvalue weighted by Crippen LogP contribution is 2.25. The molecular weight excluding hydrogens is 234 g/mol. The summed E-state index contributed by atoms with van der Waals surface area (Å²) in [6.45, 7) is 10.0. The van der Waals surface area contributed by atoms with E-state index in [4.69, 9.17) is 4.98 Å². The molecule has 0 radical (unpaired) electrons. The molecule has 0 aliphatic heterocycles. The standard InChI is InChI=1S/C16H19N3/c1-5-19(6-2)16-14(10-17)9-13-7-11(3)12(4)8-15(13)18-16/h7-9H,5-6H2,1-4H3. The lowest BCUT2D eigenvalue weighted by Crippen LogP contribution is -2.24. The van der Waals surface area contributed by atoms with Crippen molar-refractivity contribution in [3.05, 3.63) is 34.9 Å². The number of hydrogen-bond donors (Lipinski definition) is 0. The summed E-state index contributed by atoms with van der Waals surface area (Å²) in [4.78, 5) is 6.81. The van der Waals surface area contributed by atoms with Gasteiger partial charge in [0.2, 0.25) is 0 Å². The van der Waals surface area contributed by atoms with Crippen LogP contribution in [0.4, 0.5) is 5.82 Å². The molecule has 0 spiro atoms. The van der Waals surface area contributed by atoms with Crippen LogP contribution in [0.15, 0.2) is 18.2 Å². The molecule has 0 N–H and O–H groups in total. The first-order valence-corrected chi connectivity index (χ1v) is 6.67. The van der Waals surface area contributed by atoms with E-state index >= 15 is 0 Å². The summed E-state index contributed by atoms with van der Waals surface area (Å²) in [7, 11) is 0. The van der Waals surface area contributed by atoms with Crippen LogP contribution in [0.25, 0.3) is 10.9 Å². The molecule has 1 aromatic carbocycles. The van der Waals surface area contributed by atoms with Gasteiger partial charge in [-0.2, -0.15) is 5.26 Å². The Morgan fingerprint density at radius 1 is 1.11 bits per heavy atom. The van der Waals surface area contributed by atoms with Gasteiger partial charge in [-0.3, -0.25) is 0 Å². The minimum Gasteiger partial charge on any atom is -0.356 e. The van der Waals surface area contributed by atoms with Crippen molar-refractivity contribution in [2.75, 3.05) is 18.0 Å². The molecule has 0 bridgehead atoms. The number of nitriles is 1. The van der Waals surface area contributed by atoms with Gasteiger partial charge in [-0.25, -0.2) is 4.98 Å². The van der Waals surface area contributed by atoms with E-state index in [0.717, 1.165) is 29.8 Å². The zero-order valence-corrected chi connectivity index (χ0v) is 12.0. The van der Waals surface area contributed by atoms with Crippen LogP contribution in [-0.4, -0.2) is 18.1 Å². The minimum atomic E-state index is 0.652. The third-order valence-electron chi connectivity index (χ3n) is 3.59. The number of aromatic nitrogens is 1. The summed E-state index contributed by atoms with van der Waals surface area (Å²) in [5.41, 5.74) is 4.08. The molecule has 0 saturated heterocycles. The first-order valence-electron chi connectivity index (χ1n) is 6.67. The zero-order valence-electron chi connectivity index (χ0n) is 12.0. The second-order valence-corrected chi connectivity index (χ2v) is 4.77. The maximum Gasteiger partial charge on any atom is 0.147 e. The molecule has 0 unspecified atom stereocenters. The van der Waals surface area contributed by atoms with Crippen molar-refractivity contribution in [1.29, 1.82) is 5.26 Å². The zero-order chi connectivity index (χ0) is 14.0. The minimum absolute atomic E-state index is 0.652. The molecule has 19 heavy (non-hydrogen) atoms. The summed E-state index contributed by atoms with van der Waals surface area (Å²) in [5.74, 6) is 0.795. The van der Waals surface area contributed by atoms with Gasteiger partial charge in [0, 0.05) is 18.5 Å². The van der Waals surface area contributed by atoms with Gasteiger partial charge in [0.05, 0.1) is 11.1 Å². The lowest BCUT2D eigenvalue weighted by Gasteiger charge is -2.21. The number of pyridine rings is 1. The number of fused-ring (bicyclic) bond motifs is 1. The molecule has 3 nitrogen and oxygen atoms in total. The molecule has 0 aliphatic carbocycles. The van der Waals surface area contributed by atoms with Gasteiger partial charge in [-0.1, -0.05) is 0 Å². The van der Waals surface area contributed by atoms with Crippen molar-refractivity contribution in [2.24, 2.45) is 0 Å². The van der Waals surface area contributed by atoms with Gasteiger partial charge < -0.3 is 4.90 Å². The van der Waals surface area contributed by atoms with E-state index < -0.39 is 0 Å². The van der Waals surface area contributed by atoms with Crippen LogP contribution in [0.2, 0.25) is 0 Å². The van der Waals surface area contributed by atoms with Crippen molar-refractivity contribution in [1.82, 2.24) is 4.98 Å².